The van der Waals surface area contributed by atoms with E-state index in [0.717, 1.165) is 25.8 Å². The molecular formula is C19H18N2O2. The van der Waals surface area contributed by atoms with Crippen LogP contribution in [0, 0.1) is 30.9 Å². The second kappa shape index (κ2) is 5.72. The molecule has 0 amide bonds. The van der Waals surface area contributed by atoms with Gasteiger partial charge in [0.25, 0.3) is 11.4 Å². The Morgan fingerprint density at radius 3 is 1.78 bits per heavy atom. The Morgan fingerprint density at radius 2 is 1.26 bits per heavy atom. The summed E-state index contributed by atoms with van der Waals surface area (Å²) in [5.74, 6) is 0. The molecule has 0 spiro atoms. The lowest BCUT2D eigenvalue weighted by molar-refractivity contribution is -0.471. The average molecular weight is 306 g/mol. The van der Waals surface area contributed by atoms with Crippen LogP contribution in [0.15, 0.2) is 54.6 Å². The van der Waals surface area contributed by atoms with E-state index in [9.17, 15) is 10.1 Å². The quantitative estimate of drug-likeness (QED) is 0.672. The predicted octanol–water partition coefficient (Wildman–Crippen LogP) is 4.01. The highest BCUT2D eigenvalue weighted by Gasteiger charge is 2.25. The summed E-state index contributed by atoms with van der Waals surface area (Å²) in [6.07, 6.45) is 0. The summed E-state index contributed by atoms with van der Waals surface area (Å²) in [6, 6.07) is 16.9. The van der Waals surface area contributed by atoms with Crippen molar-refractivity contribution in [3.63, 3.8) is 0 Å². The maximum Gasteiger partial charge on any atom is 0.289 e. The first kappa shape index (κ1) is 15.0. The molecule has 2 aromatic carbocycles. The lowest BCUT2D eigenvalue weighted by Gasteiger charge is -2.19. The molecule has 0 bridgehead atoms. The zero-order valence-electron chi connectivity index (χ0n) is 13.4. The van der Waals surface area contributed by atoms with Crippen LogP contribution in [0.25, 0.3) is 22.5 Å². The van der Waals surface area contributed by atoms with Crippen molar-refractivity contribution in [3.05, 3.63) is 81.7 Å². The molecule has 3 aromatic rings. The van der Waals surface area contributed by atoms with Gasteiger partial charge in [-0.15, -0.1) is 0 Å². The molecule has 0 saturated carbocycles. The number of aryl methyl sites for hydroxylation is 1. The van der Waals surface area contributed by atoms with Gasteiger partial charge in [-0.3, -0.25) is 0 Å². The van der Waals surface area contributed by atoms with E-state index in [1.807, 2.05) is 61.5 Å². The summed E-state index contributed by atoms with van der Waals surface area (Å²) < 4.78 is 1.71. The van der Waals surface area contributed by atoms with Gasteiger partial charge in [0.15, 0.2) is 0 Å². The van der Waals surface area contributed by atoms with Crippen molar-refractivity contribution in [2.75, 3.05) is 0 Å². The fourth-order valence-electron chi connectivity index (χ4n) is 2.81. The highest BCUT2D eigenvalue weighted by atomic mass is 16.5. The summed E-state index contributed by atoms with van der Waals surface area (Å²) in [7, 11) is 0. The Kier molecular flexibility index (Phi) is 3.74. The molecule has 1 heterocycles. The number of aromatic nitrogens is 2. The molecule has 3 rings (SSSR count). The van der Waals surface area contributed by atoms with Crippen molar-refractivity contribution in [2.24, 2.45) is 0 Å². The summed E-state index contributed by atoms with van der Waals surface area (Å²) in [5, 5.41) is 12.5. The third-order valence-corrected chi connectivity index (χ3v) is 4.07. The summed E-state index contributed by atoms with van der Waals surface area (Å²) >= 11 is 0. The molecule has 4 heteroatoms. The molecular weight excluding hydrogens is 288 g/mol. The van der Waals surface area contributed by atoms with E-state index < -0.39 is 0 Å². The second-order valence-electron chi connectivity index (χ2n) is 5.69. The van der Waals surface area contributed by atoms with Crippen LogP contribution < -0.4 is 4.43 Å². The zero-order valence-corrected chi connectivity index (χ0v) is 13.4. The largest absolute Gasteiger partial charge is 0.805 e. The van der Waals surface area contributed by atoms with Crippen LogP contribution in [0.2, 0.25) is 0 Å². The molecule has 0 atom stereocenters. The van der Waals surface area contributed by atoms with Crippen molar-refractivity contribution in [2.45, 2.75) is 20.8 Å². The van der Waals surface area contributed by atoms with E-state index in [-0.39, 0.29) is 0 Å². The Balaban J connectivity index is 2.36. The molecule has 0 saturated heterocycles. The van der Waals surface area contributed by atoms with Crippen LogP contribution in [0.5, 0.6) is 0 Å². The summed E-state index contributed by atoms with van der Waals surface area (Å²) in [5.41, 5.74) is 4.17. The summed E-state index contributed by atoms with van der Waals surface area (Å²) in [6.45, 7) is 5.34. The van der Waals surface area contributed by atoms with Gasteiger partial charge in [0.05, 0.1) is 26.9 Å². The van der Waals surface area contributed by atoms with Crippen LogP contribution in [0.4, 0.5) is 0 Å². The van der Waals surface area contributed by atoms with E-state index in [2.05, 4.69) is 0 Å². The number of benzene rings is 2. The lowest BCUT2D eigenvalue weighted by Crippen LogP contribution is -2.27. The molecule has 0 aliphatic rings. The minimum absolute atomic E-state index is 0.391. The van der Waals surface area contributed by atoms with Crippen molar-refractivity contribution in [1.82, 2.24) is 4.73 Å². The Hall–Kier alpha value is -2.88. The minimum atomic E-state index is 0.391. The van der Waals surface area contributed by atoms with Crippen LogP contribution in [-0.4, -0.2) is 4.73 Å². The van der Waals surface area contributed by atoms with Crippen molar-refractivity contribution >= 4 is 0 Å². The van der Waals surface area contributed by atoms with Gasteiger partial charge in [-0.2, -0.15) is 0 Å². The van der Waals surface area contributed by atoms with Crippen LogP contribution in [0.1, 0.15) is 17.0 Å². The van der Waals surface area contributed by atoms with Gasteiger partial charge in [-0.05, 0) is 45.0 Å². The maximum absolute atomic E-state index is 13.0. The van der Waals surface area contributed by atoms with E-state index in [1.165, 1.54) is 0 Å². The van der Waals surface area contributed by atoms with Crippen molar-refractivity contribution < 1.29 is 4.43 Å². The Bertz CT molecular complexity index is 911. The molecule has 4 nitrogen and oxygen atoms in total. The van der Waals surface area contributed by atoms with E-state index in [4.69, 9.17) is 0 Å². The zero-order chi connectivity index (χ0) is 16.6. The molecule has 0 radical (unpaired) electrons. The Labute approximate surface area is 134 Å². The molecule has 0 fully saturated rings. The number of hydrogen-bond acceptors (Lipinski definition) is 2. The van der Waals surface area contributed by atoms with Gasteiger partial charge >= 0.3 is 0 Å². The third-order valence-electron chi connectivity index (χ3n) is 4.07. The van der Waals surface area contributed by atoms with Gasteiger partial charge < -0.3 is 9.94 Å². The minimum Gasteiger partial charge on any atom is -0.805 e. The monoisotopic (exact) mass is 306 g/mol. The fraction of sp³-hybridized carbons (Fsp3) is 0.158. The molecule has 0 aliphatic heterocycles. The third kappa shape index (κ3) is 2.52. The first-order valence-corrected chi connectivity index (χ1v) is 7.49. The van der Waals surface area contributed by atoms with Crippen LogP contribution >= 0.6 is 0 Å². The van der Waals surface area contributed by atoms with E-state index >= 15 is 0 Å². The first-order valence-electron chi connectivity index (χ1n) is 7.49. The Morgan fingerprint density at radius 1 is 0.783 bits per heavy atom. The molecule has 0 unspecified atom stereocenters. The maximum atomic E-state index is 13.0. The normalized spacial score (nSPS) is 10.7. The van der Waals surface area contributed by atoms with Crippen molar-refractivity contribution in [1.29, 1.82) is 0 Å². The topological polar surface area (TPSA) is 51.0 Å². The molecule has 0 aliphatic carbocycles. The van der Waals surface area contributed by atoms with Crippen molar-refractivity contribution in [3.8, 4) is 22.5 Å². The van der Waals surface area contributed by atoms with Crippen LogP contribution in [-0.2, 0) is 0 Å². The van der Waals surface area contributed by atoms with Crippen LogP contribution in [0.3, 0.4) is 0 Å². The number of nitrogens with zero attached hydrogens (tertiary/aromatic N) is 2. The van der Waals surface area contributed by atoms with Gasteiger partial charge in [0.2, 0.25) is 0 Å². The molecule has 23 heavy (non-hydrogen) atoms. The standard InChI is InChI=1S/C19H18N2O2/c1-13-9-11-17(12-10-13)19-15(3)20(22)14(2)18(21(19)23)16-7-5-4-6-8-16/h4-12H,1-3H3. The SMILES string of the molecule is Cc1ccc(-c2c(C)n([O-])c(C)c(-c3ccccc3)[n+]2=O)cc1. The highest BCUT2D eigenvalue weighted by Crippen LogP contribution is 2.26. The van der Waals surface area contributed by atoms with Gasteiger partial charge in [-0.1, -0.05) is 35.9 Å². The molecule has 116 valence electrons. The smallest absolute Gasteiger partial charge is 0.289 e. The van der Waals surface area contributed by atoms with Gasteiger partial charge in [0.1, 0.15) is 0 Å². The van der Waals surface area contributed by atoms with Gasteiger partial charge in [-0.25, -0.2) is 0 Å². The number of hydrogen-bond donors (Lipinski definition) is 0. The predicted molar refractivity (Wildman–Crippen MR) is 91.6 cm³/mol. The van der Waals surface area contributed by atoms with E-state index in [1.54, 1.807) is 13.8 Å². The summed E-state index contributed by atoms with van der Waals surface area (Å²) in [4.78, 5) is 13.0. The number of rotatable bonds is 2. The van der Waals surface area contributed by atoms with E-state index in [0.29, 0.717) is 22.8 Å². The highest BCUT2D eigenvalue weighted by molar-refractivity contribution is 5.64. The lowest BCUT2D eigenvalue weighted by atomic mass is 10.1. The van der Waals surface area contributed by atoms with Gasteiger partial charge in [0, 0.05) is 4.91 Å². The fourth-order valence-corrected chi connectivity index (χ4v) is 2.81. The first-order chi connectivity index (χ1) is 11.0. The average Bonchev–Trinajstić information content (AvgIpc) is 2.56. The second-order valence-corrected chi connectivity index (χ2v) is 5.69. The molecule has 1 aromatic heterocycles. The molecule has 0 N–H and O–H groups in total.